The van der Waals surface area contributed by atoms with Crippen LogP contribution in [0.4, 0.5) is 0 Å². The summed E-state index contributed by atoms with van der Waals surface area (Å²) in [7, 11) is 4.31. The van der Waals surface area contributed by atoms with Crippen molar-refractivity contribution in [2.45, 2.75) is 25.4 Å². The molecule has 1 fully saturated rings. The Bertz CT molecular complexity index is 455. The molecule has 1 aromatic rings. The van der Waals surface area contributed by atoms with Gasteiger partial charge in [-0.15, -0.1) is 11.3 Å². The van der Waals surface area contributed by atoms with Gasteiger partial charge in [0.2, 0.25) is 0 Å². The Kier molecular flexibility index (Phi) is 5.41. The lowest BCUT2D eigenvalue weighted by atomic mass is 10.2. The van der Waals surface area contributed by atoms with E-state index in [1.807, 2.05) is 11.3 Å². The first-order valence-corrected chi connectivity index (χ1v) is 7.72. The van der Waals surface area contributed by atoms with E-state index in [1.54, 1.807) is 0 Å². The summed E-state index contributed by atoms with van der Waals surface area (Å²) in [5, 5.41) is 2.13. The molecule has 19 heavy (non-hydrogen) atoms. The smallest absolute Gasteiger partial charge is 0.0555 e. The molecule has 1 aliphatic rings. The predicted octanol–water partition coefficient (Wildman–Crippen LogP) is 1.58. The molecule has 0 bridgehead atoms. The molecule has 0 aliphatic carbocycles. The Morgan fingerprint density at radius 3 is 3.11 bits per heavy atom. The maximum Gasteiger partial charge on any atom is 0.0555 e. The molecular weight excluding hydrogens is 254 g/mol. The van der Waals surface area contributed by atoms with Crippen LogP contribution in [0.5, 0.6) is 0 Å². The van der Waals surface area contributed by atoms with Crippen LogP contribution >= 0.6 is 11.3 Å². The van der Waals surface area contributed by atoms with E-state index in [0.717, 1.165) is 18.7 Å². The highest BCUT2D eigenvalue weighted by atomic mass is 32.1. The van der Waals surface area contributed by atoms with Crippen molar-refractivity contribution < 1.29 is 0 Å². The highest BCUT2D eigenvalue weighted by Gasteiger charge is 2.25. The normalized spacial score (nSPS) is 19.7. The average molecular weight is 277 g/mol. The first-order chi connectivity index (χ1) is 9.19. The maximum absolute atomic E-state index is 5.40. The molecule has 104 valence electrons. The van der Waals surface area contributed by atoms with Gasteiger partial charge in [-0.3, -0.25) is 4.90 Å². The lowest BCUT2D eigenvalue weighted by Crippen LogP contribution is -2.36. The van der Waals surface area contributed by atoms with Gasteiger partial charge in [0.05, 0.1) is 6.54 Å². The van der Waals surface area contributed by atoms with Crippen LogP contribution < -0.4 is 5.73 Å². The summed E-state index contributed by atoms with van der Waals surface area (Å²) in [6, 6.07) is 2.91. The molecule has 1 aromatic heterocycles. The van der Waals surface area contributed by atoms with Crippen LogP contribution in [-0.2, 0) is 6.54 Å². The zero-order chi connectivity index (χ0) is 13.7. The van der Waals surface area contributed by atoms with Crippen molar-refractivity contribution in [1.29, 1.82) is 0 Å². The van der Waals surface area contributed by atoms with Crippen molar-refractivity contribution in [2.24, 2.45) is 5.73 Å². The summed E-state index contributed by atoms with van der Waals surface area (Å²) in [6.45, 7) is 3.88. The second-order valence-corrected chi connectivity index (χ2v) is 6.33. The minimum absolute atomic E-state index is 0.433. The third-order valence-corrected chi connectivity index (χ3v) is 4.34. The number of likely N-dealkylation sites (tertiary alicyclic amines) is 1. The van der Waals surface area contributed by atoms with Crippen LogP contribution in [0.3, 0.4) is 0 Å². The van der Waals surface area contributed by atoms with E-state index in [4.69, 9.17) is 5.73 Å². The zero-order valence-electron chi connectivity index (χ0n) is 11.9. The van der Waals surface area contributed by atoms with E-state index in [-0.39, 0.29) is 0 Å². The number of nitrogens with two attached hydrogens (primary N) is 1. The monoisotopic (exact) mass is 277 g/mol. The molecule has 0 saturated carbocycles. The molecule has 1 saturated heterocycles. The van der Waals surface area contributed by atoms with Crippen molar-refractivity contribution in [3.8, 4) is 11.8 Å². The first-order valence-electron chi connectivity index (χ1n) is 6.84. The van der Waals surface area contributed by atoms with Crippen molar-refractivity contribution in [2.75, 3.05) is 33.7 Å². The molecule has 2 heterocycles. The van der Waals surface area contributed by atoms with Crippen molar-refractivity contribution >= 4 is 11.3 Å². The second-order valence-electron chi connectivity index (χ2n) is 5.34. The molecule has 2 rings (SSSR count). The maximum atomic E-state index is 5.40. The molecule has 0 amide bonds. The molecular formula is C15H23N3S. The van der Waals surface area contributed by atoms with Gasteiger partial charge in [0.15, 0.2) is 0 Å². The predicted molar refractivity (Wildman–Crippen MR) is 82.2 cm³/mol. The van der Waals surface area contributed by atoms with Crippen molar-refractivity contribution in [3.05, 3.63) is 21.9 Å². The zero-order valence-corrected chi connectivity index (χ0v) is 12.7. The first kappa shape index (κ1) is 14.5. The number of rotatable bonds is 4. The van der Waals surface area contributed by atoms with Gasteiger partial charge in [0.1, 0.15) is 0 Å². The van der Waals surface area contributed by atoms with Gasteiger partial charge in [-0.1, -0.05) is 11.8 Å². The van der Waals surface area contributed by atoms with E-state index in [2.05, 4.69) is 47.2 Å². The molecule has 4 heteroatoms. The number of hydrogen-bond acceptors (Lipinski definition) is 4. The van der Waals surface area contributed by atoms with E-state index in [9.17, 15) is 0 Å². The van der Waals surface area contributed by atoms with Crippen LogP contribution in [0.15, 0.2) is 11.4 Å². The topological polar surface area (TPSA) is 32.5 Å². The molecule has 2 N–H and O–H groups in total. The second kappa shape index (κ2) is 7.06. The van der Waals surface area contributed by atoms with Gasteiger partial charge in [-0.05, 0) is 39.5 Å². The third kappa shape index (κ3) is 4.32. The van der Waals surface area contributed by atoms with E-state index >= 15 is 0 Å². The van der Waals surface area contributed by atoms with E-state index < -0.39 is 0 Å². The van der Waals surface area contributed by atoms with Gasteiger partial charge in [-0.2, -0.15) is 0 Å². The third-order valence-electron chi connectivity index (χ3n) is 3.42. The van der Waals surface area contributed by atoms with E-state index in [0.29, 0.717) is 12.6 Å². The van der Waals surface area contributed by atoms with Gasteiger partial charge in [0, 0.05) is 35.0 Å². The standard InChI is InChI=1S/C15H23N3S/c1-17(2)10-14-6-4-8-18(14)11-15-9-13(12-19-15)5-3-7-16/h9,12,14H,4,6-8,10-11,16H2,1-2H3. The molecule has 0 aromatic carbocycles. The number of likely N-dealkylation sites (N-methyl/N-ethyl adjacent to an activating group) is 1. The highest BCUT2D eigenvalue weighted by molar-refractivity contribution is 7.10. The van der Waals surface area contributed by atoms with Gasteiger partial charge in [0.25, 0.3) is 0 Å². The average Bonchev–Trinajstić information content (AvgIpc) is 2.97. The number of thiophene rings is 1. The molecule has 0 radical (unpaired) electrons. The Labute approximate surface area is 120 Å². The fraction of sp³-hybridized carbons (Fsp3) is 0.600. The van der Waals surface area contributed by atoms with Crippen LogP contribution in [0.25, 0.3) is 0 Å². The quantitative estimate of drug-likeness (QED) is 0.848. The van der Waals surface area contributed by atoms with Gasteiger partial charge >= 0.3 is 0 Å². The minimum Gasteiger partial charge on any atom is -0.320 e. The SMILES string of the molecule is CN(C)CC1CCCN1Cc1cc(C#CCN)cs1. The van der Waals surface area contributed by atoms with Gasteiger partial charge in [-0.25, -0.2) is 0 Å². The molecule has 1 aliphatic heterocycles. The largest absolute Gasteiger partial charge is 0.320 e. The molecule has 1 atom stereocenters. The Morgan fingerprint density at radius 1 is 1.53 bits per heavy atom. The van der Waals surface area contributed by atoms with Crippen LogP contribution in [0, 0.1) is 11.8 Å². The van der Waals surface area contributed by atoms with Crippen molar-refractivity contribution in [3.63, 3.8) is 0 Å². The summed E-state index contributed by atoms with van der Waals surface area (Å²) in [4.78, 5) is 6.30. The summed E-state index contributed by atoms with van der Waals surface area (Å²) in [5.41, 5.74) is 6.50. The van der Waals surface area contributed by atoms with Crippen LogP contribution in [-0.4, -0.2) is 49.6 Å². The lowest BCUT2D eigenvalue weighted by molar-refractivity contribution is 0.202. The molecule has 0 spiro atoms. The van der Waals surface area contributed by atoms with Crippen molar-refractivity contribution in [1.82, 2.24) is 9.80 Å². The van der Waals surface area contributed by atoms with Crippen LogP contribution in [0.1, 0.15) is 23.3 Å². The fourth-order valence-electron chi connectivity index (χ4n) is 2.61. The molecule has 3 nitrogen and oxygen atoms in total. The Hall–Kier alpha value is -0.860. The highest BCUT2D eigenvalue weighted by Crippen LogP contribution is 2.23. The minimum atomic E-state index is 0.433. The summed E-state index contributed by atoms with van der Waals surface area (Å²) in [6.07, 6.45) is 2.65. The Balaban J connectivity index is 1.94. The van der Waals surface area contributed by atoms with Crippen LogP contribution in [0.2, 0.25) is 0 Å². The number of hydrogen-bond donors (Lipinski definition) is 1. The molecule has 1 unspecified atom stereocenters. The fourth-order valence-corrected chi connectivity index (χ4v) is 3.45. The lowest BCUT2D eigenvalue weighted by Gasteiger charge is -2.26. The summed E-state index contributed by atoms with van der Waals surface area (Å²) < 4.78 is 0. The van der Waals surface area contributed by atoms with E-state index in [1.165, 1.54) is 24.3 Å². The summed E-state index contributed by atoms with van der Waals surface area (Å²) in [5.74, 6) is 6.01. The summed E-state index contributed by atoms with van der Waals surface area (Å²) >= 11 is 1.81. The number of nitrogens with zero attached hydrogens (tertiary/aromatic N) is 2. The van der Waals surface area contributed by atoms with Gasteiger partial charge < -0.3 is 10.6 Å². The Morgan fingerprint density at radius 2 is 2.37 bits per heavy atom.